The molecule has 0 atom stereocenters. The quantitative estimate of drug-likeness (QED) is 0.881. The van der Waals surface area contributed by atoms with Gasteiger partial charge < -0.3 is 10.5 Å². The Morgan fingerprint density at radius 3 is 2.67 bits per heavy atom. The van der Waals surface area contributed by atoms with Crippen LogP contribution in [0.4, 0.5) is 5.69 Å². The van der Waals surface area contributed by atoms with E-state index in [9.17, 15) is 0 Å². The summed E-state index contributed by atoms with van der Waals surface area (Å²) in [4.78, 5) is 4.10. The predicted molar refractivity (Wildman–Crippen MR) is 76.6 cm³/mol. The second-order valence-corrected chi connectivity index (χ2v) is 5.22. The van der Waals surface area contributed by atoms with Crippen LogP contribution in [0.25, 0.3) is 0 Å². The van der Waals surface area contributed by atoms with Gasteiger partial charge in [-0.2, -0.15) is 0 Å². The SMILES string of the molecule is Cc1cc(C)c(OCc2cncc(Br)c2)c(N)c1. The largest absolute Gasteiger partial charge is 0.486 e. The molecule has 2 N–H and O–H groups in total. The zero-order valence-electron chi connectivity index (χ0n) is 10.4. The summed E-state index contributed by atoms with van der Waals surface area (Å²) in [6.45, 7) is 4.48. The number of rotatable bonds is 3. The van der Waals surface area contributed by atoms with E-state index in [0.717, 1.165) is 26.9 Å². The Bertz CT molecular complexity index is 546. The summed E-state index contributed by atoms with van der Waals surface area (Å²) in [5.41, 5.74) is 9.84. The lowest BCUT2D eigenvalue weighted by atomic mass is 10.1. The fourth-order valence-corrected chi connectivity index (χ4v) is 2.29. The van der Waals surface area contributed by atoms with Gasteiger partial charge in [-0.05, 0) is 53.0 Å². The first-order chi connectivity index (χ1) is 8.56. The second kappa shape index (κ2) is 5.40. The Balaban J connectivity index is 2.16. The lowest BCUT2D eigenvalue weighted by Crippen LogP contribution is -2.01. The van der Waals surface area contributed by atoms with Crippen molar-refractivity contribution in [2.75, 3.05) is 5.73 Å². The molecule has 0 fully saturated rings. The number of halogens is 1. The highest BCUT2D eigenvalue weighted by atomic mass is 79.9. The maximum Gasteiger partial charge on any atom is 0.145 e. The van der Waals surface area contributed by atoms with Crippen LogP contribution in [0.15, 0.2) is 35.1 Å². The van der Waals surface area contributed by atoms with Crippen molar-refractivity contribution in [3.8, 4) is 5.75 Å². The van der Waals surface area contributed by atoms with Gasteiger partial charge in [0.25, 0.3) is 0 Å². The number of hydrogen-bond donors (Lipinski definition) is 1. The summed E-state index contributed by atoms with van der Waals surface area (Å²) >= 11 is 3.38. The van der Waals surface area contributed by atoms with Gasteiger partial charge in [-0.15, -0.1) is 0 Å². The first-order valence-electron chi connectivity index (χ1n) is 5.65. The van der Waals surface area contributed by atoms with Crippen LogP contribution >= 0.6 is 15.9 Å². The van der Waals surface area contributed by atoms with E-state index in [1.807, 2.05) is 26.0 Å². The third-order valence-corrected chi connectivity index (χ3v) is 3.03. The van der Waals surface area contributed by atoms with Crippen molar-refractivity contribution in [1.29, 1.82) is 0 Å². The van der Waals surface area contributed by atoms with E-state index in [4.69, 9.17) is 10.5 Å². The number of benzene rings is 1. The Hall–Kier alpha value is -1.55. The van der Waals surface area contributed by atoms with E-state index >= 15 is 0 Å². The van der Waals surface area contributed by atoms with E-state index in [2.05, 4.69) is 27.0 Å². The summed E-state index contributed by atoms with van der Waals surface area (Å²) in [7, 11) is 0. The molecule has 0 saturated heterocycles. The topological polar surface area (TPSA) is 48.1 Å². The lowest BCUT2D eigenvalue weighted by molar-refractivity contribution is 0.305. The number of nitrogens with zero attached hydrogens (tertiary/aromatic N) is 1. The van der Waals surface area contributed by atoms with Crippen LogP contribution in [0.5, 0.6) is 5.75 Å². The standard InChI is InChI=1S/C14H15BrN2O/c1-9-3-10(2)14(13(16)4-9)18-8-11-5-12(15)7-17-6-11/h3-7H,8,16H2,1-2H3. The van der Waals surface area contributed by atoms with Crippen molar-refractivity contribution in [2.24, 2.45) is 0 Å². The number of pyridine rings is 1. The van der Waals surface area contributed by atoms with Crippen molar-refractivity contribution in [3.63, 3.8) is 0 Å². The zero-order valence-corrected chi connectivity index (χ0v) is 12.0. The van der Waals surface area contributed by atoms with Crippen LogP contribution in [0.2, 0.25) is 0 Å². The highest BCUT2D eigenvalue weighted by Crippen LogP contribution is 2.28. The van der Waals surface area contributed by atoms with Gasteiger partial charge in [0.15, 0.2) is 0 Å². The molecule has 2 rings (SSSR count). The van der Waals surface area contributed by atoms with Gasteiger partial charge in [0.2, 0.25) is 0 Å². The molecule has 0 saturated carbocycles. The molecule has 0 amide bonds. The summed E-state index contributed by atoms with van der Waals surface area (Å²) in [5.74, 6) is 0.751. The molecule has 0 bridgehead atoms. The number of ether oxygens (including phenoxy) is 1. The number of nitrogen functional groups attached to an aromatic ring is 1. The Morgan fingerprint density at radius 1 is 1.22 bits per heavy atom. The second-order valence-electron chi connectivity index (χ2n) is 4.30. The van der Waals surface area contributed by atoms with Gasteiger partial charge in [0, 0.05) is 22.4 Å². The van der Waals surface area contributed by atoms with Crippen molar-refractivity contribution in [1.82, 2.24) is 4.98 Å². The first kappa shape index (κ1) is 12.9. The van der Waals surface area contributed by atoms with E-state index in [1.165, 1.54) is 0 Å². The fourth-order valence-electron chi connectivity index (χ4n) is 1.87. The molecule has 18 heavy (non-hydrogen) atoms. The zero-order chi connectivity index (χ0) is 13.1. The summed E-state index contributed by atoms with van der Waals surface area (Å²) in [6.07, 6.45) is 3.53. The Morgan fingerprint density at radius 2 is 2.00 bits per heavy atom. The van der Waals surface area contributed by atoms with Crippen LogP contribution in [-0.4, -0.2) is 4.98 Å². The number of aromatic nitrogens is 1. The van der Waals surface area contributed by atoms with E-state index < -0.39 is 0 Å². The Labute approximate surface area is 115 Å². The van der Waals surface area contributed by atoms with Crippen molar-refractivity contribution in [3.05, 3.63) is 51.8 Å². The van der Waals surface area contributed by atoms with Crippen LogP contribution in [0.3, 0.4) is 0 Å². The van der Waals surface area contributed by atoms with Crippen molar-refractivity contribution in [2.45, 2.75) is 20.5 Å². The molecule has 0 spiro atoms. The first-order valence-corrected chi connectivity index (χ1v) is 6.44. The van der Waals surface area contributed by atoms with Crippen LogP contribution in [0.1, 0.15) is 16.7 Å². The highest BCUT2D eigenvalue weighted by molar-refractivity contribution is 9.10. The minimum atomic E-state index is 0.459. The molecule has 4 heteroatoms. The molecule has 0 aliphatic rings. The summed E-state index contributed by atoms with van der Waals surface area (Å²) < 4.78 is 6.72. The number of aryl methyl sites for hydroxylation is 2. The average Bonchev–Trinajstić information content (AvgIpc) is 2.27. The number of hydrogen-bond acceptors (Lipinski definition) is 3. The minimum Gasteiger partial charge on any atom is -0.486 e. The van der Waals surface area contributed by atoms with Crippen LogP contribution in [-0.2, 0) is 6.61 Å². The normalized spacial score (nSPS) is 10.4. The minimum absolute atomic E-state index is 0.459. The van der Waals surface area contributed by atoms with Gasteiger partial charge in [-0.1, -0.05) is 6.07 Å². The van der Waals surface area contributed by atoms with Crippen LogP contribution in [0, 0.1) is 13.8 Å². The molecule has 0 aliphatic carbocycles. The van der Waals surface area contributed by atoms with Gasteiger partial charge in [-0.3, -0.25) is 4.98 Å². The fraction of sp³-hybridized carbons (Fsp3) is 0.214. The monoisotopic (exact) mass is 306 g/mol. The molecule has 1 aromatic carbocycles. The van der Waals surface area contributed by atoms with Gasteiger partial charge in [-0.25, -0.2) is 0 Å². The van der Waals surface area contributed by atoms with E-state index in [1.54, 1.807) is 12.4 Å². The average molecular weight is 307 g/mol. The van der Waals surface area contributed by atoms with Gasteiger partial charge in [0.1, 0.15) is 12.4 Å². The molecule has 1 heterocycles. The molecule has 0 aliphatic heterocycles. The van der Waals surface area contributed by atoms with E-state index in [0.29, 0.717) is 12.3 Å². The predicted octanol–water partition coefficient (Wildman–Crippen LogP) is 3.62. The van der Waals surface area contributed by atoms with E-state index in [-0.39, 0.29) is 0 Å². The highest BCUT2D eigenvalue weighted by Gasteiger charge is 2.06. The summed E-state index contributed by atoms with van der Waals surface area (Å²) in [6, 6.07) is 5.96. The van der Waals surface area contributed by atoms with Crippen molar-refractivity contribution < 1.29 is 4.74 Å². The van der Waals surface area contributed by atoms with Crippen LogP contribution < -0.4 is 10.5 Å². The third-order valence-electron chi connectivity index (χ3n) is 2.59. The number of nitrogens with two attached hydrogens (primary N) is 1. The van der Waals surface area contributed by atoms with Gasteiger partial charge in [0.05, 0.1) is 5.69 Å². The number of anilines is 1. The summed E-state index contributed by atoms with van der Waals surface area (Å²) in [5, 5.41) is 0. The molecular weight excluding hydrogens is 292 g/mol. The van der Waals surface area contributed by atoms with Crippen molar-refractivity contribution >= 4 is 21.6 Å². The molecule has 1 aromatic heterocycles. The molecular formula is C14H15BrN2O. The lowest BCUT2D eigenvalue weighted by Gasteiger charge is -2.12. The van der Waals surface area contributed by atoms with Gasteiger partial charge >= 0.3 is 0 Å². The molecule has 94 valence electrons. The smallest absolute Gasteiger partial charge is 0.145 e. The molecule has 2 aromatic rings. The molecule has 0 radical (unpaired) electrons. The Kier molecular flexibility index (Phi) is 3.87. The maximum atomic E-state index is 5.97. The third kappa shape index (κ3) is 3.01. The molecule has 3 nitrogen and oxygen atoms in total. The molecule has 0 unspecified atom stereocenters. The maximum absolute atomic E-state index is 5.97.